The number of carbonyl (C=O) groups excluding carboxylic acids is 1. The molecule has 32 heavy (non-hydrogen) atoms. The van der Waals surface area contributed by atoms with Crippen molar-refractivity contribution in [3.63, 3.8) is 0 Å². The first-order valence-corrected chi connectivity index (χ1v) is 12.4. The minimum atomic E-state index is -0.0817. The molecule has 0 aliphatic carbocycles. The fourth-order valence-electron chi connectivity index (χ4n) is 4.40. The van der Waals surface area contributed by atoms with Gasteiger partial charge < -0.3 is 10.2 Å². The lowest BCUT2D eigenvalue weighted by atomic mass is 9.94. The molecule has 1 amide bonds. The van der Waals surface area contributed by atoms with Crippen molar-refractivity contribution in [2.24, 2.45) is 0 Å². The average molecular weight is 468 g/mol. The number of nitrogens with one attached hydrogen (secondary N) is 1. The second-order valence-electron chi connectivity index (χ2n) is 8.24. The molecule has 1 aromatic heterocycles. The topological polar surface area (TPSA) is 35.6 Å². The standard InChI is InChI=1S/C26H30ClN3OS/c1-4-29-14-16-30(17-15-29)24(21-12-8-9-13-22(21)27)23-18(2)19(3)32-26(23)28-25(31)20-10-6-5-7-11-20/h5-13,24H,4,14-17H2,1-3H3,(H,28,31). The van der Waals surface area contributed by atoms with Gasteiger partial charge in [-0.25, -0.2) is 0 Å². The van der Waals surface area contributed by atoms with Crippen molar-refractivity contribution in [2.45, 2.75) is 26.8 Å². The number of nitrogens with zero attached hydrogens (tertiary/aromatic N) is 2. The Labute approximate surface area is 199 Å². The van der Waals surface area contributed by atoms with Crippen LogP contribution in [-0.4, -0.2) is 48.4 Å². The number of hydrogen-bond donors (Lipinski definition) is 1. The number of anilines is 1. The van der Waals surface area contributed by atoms with E-state index in [0.29, 0.717) is 5.56 Å². The van der Waals surface area contributed by atoms with Crippen molar-refractivity contribution in [2.75, 3.05) is 38.0 Å². The second kappa shape index (κ2) is 10.2. The third-order valence-corrected chi connectivity index (χ3v) is 7.87. The minimum Gasteiger partial charge on any atom is -0.313 e. The number of amides is 1. The van der Waals surface area contributed by atoms with E-state index < -0.39 is 0 Å². The number of likely N-dealkylation sites (N-methyl/N-ethyl adjacent to an activating group) is 1. The highest BCUT2D eigenvalue weighted by molar-refractivity contribution is 7.16. The first-order chi connectivity index (χ1) is 15.5. The smallest absolute Gasteiger partial charge is 0.256 e. The summed E-state index contributed by atoms with van der Waals surface area (Å²) in [7, 11) is 0. The number of benzene rings is 2. The van der Waals surface area contributed by atoms with Crippen LogP contribution in [0.3, 0.4) is 0 Å². The van der Waals surface area contributed by atoms with Crippen LogP contribution < -0.4 is 5.32 Å². The van der Waals surface area contributed by atoms with Crippen LogP contribution in [0.4, 0.5) is 5.00 Å². The Morgan fingerprint density at radius 1 is 1.03 bits per heavy atom. The lowest BCUT2D eigenvalue weighted by Gasteiger charge is -2.40. The molecule has 1 N–H and O–H groups in total. The number of thiophene rings is 1. The van der Waals surface area contributed by atoms with Crippen molar-refractivity contribution < 1.29 is 4.79 Å². The van der Waals surface area contributed by atoms with Crippen LogP contribution in [0.25, 0.3) is 0 Å². The molecule has 2 heterocycles. The molecule has 2 aromatic carbocycles. The van der Waals surface area contributed by atoms with Crippen LogP contribution in [0.5, 0.6) is 0 Å². The molecule has 0 bridgehead atoms. The van der Waals surface area contributed by atoms with Gasteiger partial charge in [0.15, 0.2) is 0 Å². The van der Waals surface area contributed by atoms with E-state index in [-0.39, 0.29) is 11.9 Å². The van der Waals surface area contributed by atoms with E-state index in [4.69, 9.17) is 11.6 Å². The molecule has 1 unspecified atom stereocenters. The summed E-state index contributed by atoms with van der Waals surface area (Å²) in [6, 6.07) is 17.5. The highest BCUT2D eigenvalue weighted by Gasteiger charge is 2.32. The lowest BCUT2D eigenvalue weighted by molar-refractivity contribution is 0.102. The van der Waals surface area contributed by atoms with E-state index in [9.17, 15) is 4.79 Å². The SMILES string of the molecule is CCN1CCN(C(c2ccccc2Cl)c2c(NC(=O)c3ccccc3)sc(C)c2C)CC1. The number of rotatable bonds is 6. The third kappa shape index (κ3) is 4.76. The Morgan fingerprint density at radius 2 is 1.69 bits per heavy atom. The Bertz CT molecular complexity index is 1070. The van der Waals surface area contributed by atoms with Gasteiger partial charge in [0.05, 0.1) is 6.04 Å². The third-order valence-electron chi connectivity index (χ3n) is 6.39. The van der Waals surface area contributed by atoms with E-state index in [0.717, 1.165) is 53.9 Å². The van der Waals surface area contributed by atoms with Crippen LogP contribution in [0.1, 0.15) is 44.9 Å². The fourth-order valence-corrected chi connectivity index (χ4v) is 5.73. The van der Waals surface area contributed by atoms with Gasteiger partial charge in [-0.05, 0) is 49.7 Å². The van der Waals surface area contributed by atoms with Crippen LogP contribution in [0.15, 0.2) is 54.6 Å². The number of piperazine rings is 1. The van der Waals surface area contributed by atoms with E-state index in [2.05, 4.69) is 42.0 Å². The van der Waals surface area contributed by atoms with Gasteiger partial charge in [0, 0.05) is 47.2 Å². The molecular weight excluding hydrogens is 438 g/mol. The van der Waals surface area contributed by atoms with Crippen molar-refractivity contribution in [1.29, 1.82) is 0 Å². The summed E-state index contributed by atoms with van der Waals surface area (Å²) in [5.41, 5.74) is 4.14. The molecule has 0 radical (unpaired) electrons. The summed E-state index contributed by atoms with van der Waals surface area (Å²) in [6.07, 6.45) is 0. The normalized spacial score (nSPS) is 16.1. The van der Waals surface area contributed by atoms with E-state index in [1.807, 2.05) is 48.5 Å². The number of hydrogen-bond acceptors (Lipinski definition) is 4. The summed E-state index contributed by atoms with van der Waals surface area (Å²) >= 11 is 8.39. The predicted octanol–water partition coefficient (Wildman–Crippen LogP) is 6.00. The first kappa shape index (κ1) is 23.0. The van der Waals surface area contributed by atoms with Gasteiger partial charge >= 0.3 is 0 Å². The van der Waals surface area contributed by atoms with Gasteiger partial charge in [-0.15, -0.1) is 11.3 Å². The zero-order valence-electron chi connectivity index (χ0n) is 18.9. The molecule has 1 aliphatic heterocycles. The summed E-state index contributed by atoms with van der Waals surface area (Å²) < 4.78 is 0. The average Bonchev–Trinajstić information content (AvgIpc) is 3.09. The summed E-state index contributed by atoms with van der Waals surface area (Å²) in [6.45, 7) is 11.6. The molecule has 1 atom stereocenters. The van der Waals surface area contributed by atoms with Gasteiger partial charge in [-0.2, -0.15) is 0 Å². The van der Waals surface area contributed by atoms with Crippen molar-refractivity contribution >= 4 is 33.8 Å². The highest BCUT2D eigenvalue weighted by Crippen LogP contribution is 2.44. The molecule has 0 saturated carbocycles. The molecule has 1 fully saturated rings. The summed E-state index contributed by atoms with van der Waals surface area (Å²) in [4.78, 5) is 19.2. The number of carbonyl (C=O) groups is 1. The first-order valence-electron chi connectivity index (χ1n) is 11.2. The van der Waals surface area contributed by atoms with Gasteiger partial charge in [0.2, 0.25) is 0 Å². The molecule has 168 valence electrons. The van der Waals surface area contributed by atoms with Crippen molar-refractivity contribution in [1.82, 2.24) is 9.80 Å². The van der Waals surface area contributed by atoms with Gasteiger partial charge in [-0.1, -0.05) is 54.9 Å². The Balaban J connectivity index is 1.76. The zero-order chi connectivity index (χ0) is 22.7. The van der Waals surface area contributed by atoms with E-state index in [1.54, 1.807) is 11.3 Å². The molecule has 1 aliphatic rings. The maximum Gasteiger partial charge on any atom is 0.256 e. The molecular formula is C26H30ClN3OS. The molecule has 4 nitrogen and oxygen atoms in total. The second-order valence-corrected chi connectivity index (χ2v) is 9.87. The Hall–Kier alpha value is -2.18. The number of halogens is 1. The van der Waals surface area contributed by atoms with Gasteiger partial charge in [0.25, 0.3) is 5.91 Å². The van der Waals surface area contributed by atoms with E-state index >= 15 is 0 Å². The quantitative estimate of drug-likeness (QED) is 0.483. The Morgan fingerprint density at radius 3 is 2.34 bits per heavy atom. The zero-order valence-corrected chi connectivity index (χ0v) is 20.5. The Kier molecular flexibility index (Phi) is 7.31. The minimum absolute atomic E-state index is 0.00118. The predicted molar refractivity (Wildman–Crippen MR) is 135 cm³/mol. The maximum atomic E-state index is 13.0. The number of aryl methyl sites for hydroxylation is 1. The lowest BCUT2D eigenvalue weighted by Crippen LogP contribution is -2.47. The maximum absolute atomic E-state index is 13.0. The molecule has 6 heteroatoms. The van der Waals surface area contributed by atoms with Gasteiger partial charge in [-0.3, -0.25) is 9.69 Å². The highest BCUT2D eigenvalue weighted by atomic mass is 35.5. The fraction of sp³-hybridized carbons (Fsp3) is 0.346. The van der Waals surface area contributed by atoms with Crippen LogP contribution in [0, 0.1) is 13.8 Å². The van der Waals surface area contributed by atoms with Crippen molar-refractivity contribution in [3.05, 3.63) is 86.8 Å². The van der Waals surface area contributed by atoms with Crippen LogP contribution in [0.2, 0.25) is 5.02 Å². The van der Waals surface area contributed by atoms with Crippen molar-refractivity contribution in [3.8, 4) is 0 Å². The monoisotopic (exact) mass is 467 g/mol. The summed E-state index contributed by atoms with van der Waals surface area (Å²) in [5, 5.41) is 4.89. The van der Waals surface area contributed by atoms with Crippen LogP contribution >= 0.6 is 22.9 Å². The van der Waals surface area contributed by atoms with Gasteiger partial charge in [0.1, 0.15) is 5.00 Å². The largest absolute Gasteiger partial charge is 0.313 e. The van der Waals surface area contributed by atoms with E-state index in [1.165, 1.54) is 10.4 Å². The molecule has 3 aromatic rings. The molecule has 0 spiro atoms. The molecule has 1 saturated heterocycles. The summed E-state index contributed by atoms with van der Waals surface area (Å²) in [5.74, 6) is -0.0817. The van der Waals surface area contributed by atoms with Crippen LogP contribution in [-0.2, 0) is 0 Å². The molecule has 4 rings (SSSR count).